The number of pyridine rings is 1. The summed E-state index contributed by atoms with van der Waals surface area (Å²) in [5.74, 6) is -0.513. The molecule has 32 heavy (non-hydrogen) atoms. The number of hydrogen-bond donors (Lipinski definition) is 1. The third-order valence-corrected chi connectivity index (χ3v) is 5.99. The van der Waals surface area contributed by atoms with Crippen molar-refractivity contribution in [1.82, 2.24) is 9.88 Å². The first-order valence-electron chi connectivity index (χ1n) is 10.4. The van der Waals surface area contributed by atoms with Gasteiger partial charge in [0.2, 0.25) is 0 Å². The molecule has 0 aliphatic carbocycles. The molecular formula is C25H24N2O4S. The van der Waals surface area contributed by atoms with Gasteiger partial charge in [0.05, 0.1) is 24.4 Å². The van der Waals surface area contributed by atoms with Crippen LogP contribution in [0.25, 0.3) is 5.76 Å². The first kappa shape index (κ1) is 21.8. The van der Waals surface area contributed by atoms with E-state index in [0.29, 0.717) is 29.5 Å². The van der Waals surface area contributed by atoms with Crippen molar-refractivity contribution >= 4 is 28.8 Å². The van der Waals surface area contributed by atoms with E-state index in [-0.39, 0.29) is 17.9 Å². The molecule has 4 rings (SSSR count). The Hall–Kier alpha value is -3.45. The Kier molecular flexibility index (Phi) is 6.37. The fourth-order valence-electron chi connectivity index (χ4n) is 3.59. The molecule has 3 aromatic rings. The van der Waals surface area contributed by atoms with Gasteiger partial charge in [-0.2, -0.15) is 0 Å². The summed E-state index contributed by atoms with van der Waals surface area (Å²) in [6.07, 6.45) is 1.61. The number of aromatic nitrogens is 1. The zero-order valence-corrected chi connectivity index (χ0v) is 18.7. The van der Waals surface area contributed by atoms with Crippen LogP contribution in [0.15, 0.2) is 71.7 Å². The minimum atomic E-state index is -0.768. The monoisotopic (exact) mass is 448 g/mol. The van der Waals surface area contributed by atoms with Gasteiger partial charge in [-0.15, -0.1) is 11.3 Å². The average Bonchev–Trinajstić information content (AvgIpc) is 3.40. The summed E-state index contributed by atoms with van der Waals surface area (Å²) in [5.41, 5.74) is 1.01. The van der Waals surface area contributed by atoms with Crippen LogP contribution < -0.4 is 4.74 Å². The molecule has 0 saturated carbocycles. The van der Waals surface area contributed by atoms with Gasteiger partial charge in [0.1, 0.15) is 17.6 Å². The van der Waals surface area contributed by atoms with E-state index in [2.05, 4.69) is 18.8 Å². The molecule has 1 saturated heterocycles. The highest BCUT2D eigenvalue weighted by Crippen LogP contribution is 2.40. The lowest BCUT2D eigenvalue weighted by molar-refractivity contribution is -0.140. The SMILES string of the molecule is CC(C)COc1ccc(/C(O)=C2/C(=O)C(=O)N(Cc3cccs3)C2c2ccccn2)cc1. The van der Waals surface area contributed by atoms with Crippen molar-refractivity contribution in [2.75, 3.05) is 6.61 Å². The lowest BCUT2D eigenvalue weighted by Crippen LogP contribution is -2.29. The first-order valence-corrected chi connectivity index (χ1v) is 11.3. The zero-order chi connectivity index (χ0) is 22.7. The Labute approximate surface area is 190 Å². The molecule has 0 radical (unpaired) electrons. The van der Waals surface area contributed by atoms with Gasteiger partial charge in [0, 0.05) is 16.6 Å². The number of thiophene rings is 1. The molecule has 6 nitrogen and oxygen atoms in total. The van der Waals surface area contributed by atoms with Crippen molar-refractivity contribution in [3.05, 3.63) is 87.9 Å². The maximum Gasteiger partial charge on any atom is 0.296 e. The number of hydrogen-bond acceptors (Lipinski definition) is 6. The first-order chi connectivity index (χ1) is 15.5. The van der Waals surface area contributed by atoms with Crippen molar-refractivity contribution in [2.45, 2.75) is 26.4 Å². The second-order valence-corrected chi connectivity index (χ2v) is 9.02. The minimum absolute atomic E-state index is 0.0427. The summed E-state index contributed by atoms with van der Waals surface area (Å²) in [4.78, 5) is 32.8. The van der Waals surface area contributed by atoms with E-state index in [1.54, 1.807) is 48.7 Å². The fourth-order valence-corrected chi connectivity index (χ4v) is 4.29. The van der Waals surface area contributed by atoms with Crippen LogP contribution in [-0.4, -0.2) is 33.3 Å². The number of nitrogens with zero attached hydrogens (tertiary/aromatic N) is 2. The molecule has 3 heterocycles. The maximum atomic E-state index is 13.0. The Bertz CT molecular complexity index is 1120. The minimum Gasteiger partial charge on any atom is -0.507 e. The Morgan fingerprint density at radius 1 is 1.12 bits per heavy atom. The van der Waals surface area contributed by atoms with Crippen LogP contribution in [0.2, 0.25) is 0 Å². The van der Waals surface area contributed by atoms with E-state index >= 15 is 0 Å². The third-order valence-electron chi connectivity index (χ3n) is 5.13. The van der Waals surface area contributed by atoms with E-state index in [1.165, 1.54) is 16.2 Å². The molecule has 2 aromatic heterocycles. The van der Waals surface area contributed by atoms with E-state index < -0.39 is 17.7 Å². The number of benzene rings is 1. The summed E-state index contributed by atoms with van der Waals surface area (Å²) >= 11 is 1.51. The standard InChI is InChI=1S/C25H24N2O4S/c1-16(2)15-31-18-10-8-17(9-11-18)23(28)21-22(20-7-3-4-12-26-20)27(25(30)24(21)29)14-19-6-5-13-32-19/h3-13,16,22,28H,14-15H2,1-2H3/b23-21-. The van der Waals surface area contributed by atoms with E-state index in [0.717, 1.165) is 4.88 Å². The molecule has 1 unspecified atom stereocenters. The van der Waals surface area contributed by atoms with Gasteiger partial charge in [-0.05, 0) is 53.8 Å². The van der Waals surface area contributed by atoms with Crippen LogP contribution in [0.5, 0.6) is 5.75 Å². The van der Waals surface area contributed by atoms with Crippen molar-refractivity contribution in [3.63, 3.8) is 0 Å². The number of ketones is 1. The molecule has 1 amide bonds. The Morgan fingerprint density at radius 2 is 1.91 bits per heavy atom. The quantitative estimate of drug-likeness (QED) is 0.319. The van der Waals surface area contributed by atoms with Crippen molar-refractivity contribution in [1.29, 1.82) is 0 Å². The third kappa shape index (κ3) is 4.43. The number of carbonyl (C=O) groups excluding carboxylic acids is 2. The van der Waals surface area contributed by atoms with Gasteiger partial charge >= 0.3 is 0 Å². The molecule has 0 spiro atoms. The topological polar surface area (TPSA) is 79.7 Å². The lowest BCUT2D eigenvalue weighted by atomic mass is 9.98. The average molecular weight is 449 g/mol. The largest absolute Gasteiger partial charge is 0.507 e. The van der Waals surface area contributed by atoms with Gasteiger partial charge in [-0.1, -0.05) is 26.0 Å². The molecule has 1 aliphatic heterocycles. The predicted octanol–water partition coefficient (Wildman–Crippen LogP) is 4.80. The summed E-state index contributed by atoms with van der Waals surface area (Å²) in [5, 5.41) is 13.0. The van der Waals surface area contributed by atoms with Crippen molar-refractivity contribution in [3.8, 4) is 5.75 Å². The van der Waals surface area contributed by atoms with E-state index in [1.807, 2.05) is 17.5 Å². The molecule has 1 N–H and O–H groups in total. The highest BCUT2D eigenvalue weighted by molar-refractivity contribution is 7.09. The van der Waals surface area contributed by atoms with Crippen LogP contribution in [0.3, 0.4) is 0 Å². The number of carbonyl (C=O) groups is 2. The molecule has 1 atom stereocenters. The highest BCUT2D eigenvalue weighted by atomic mass is 32.1. The summed E-state index contributed by atoms with van der Waals surface area (Å²) in [7, 11) is 0. The number of ether oxygens (including phenoxy) is 1. The molecular weight excluding hydrogens is 424 g/mol. The number of aliphatic hydroxyl groups is 1. The van der Waals surface area contributed by atoms with Gasteiger partial charge in [-0.25, -0.2) is 0 Å². The zero-order valence-electron chi connectivity index (χ0n) is 17.9. The predicted molar refractivity (Wildman–Crippen MR) is 123 cm³/mol. The van der Waals surface area contributed by atoms with Gasteiger partial charge in [0.25, 0.3) is 11.7 Å². The van der Waals surface area contributed by atoms with Gasteiger partial charge in [-0.3, -0.25) is 14.6 Å². The molecule has 0 bridgehead atoms. The molecule has 1 aromatic carbocycles. The maximum absolute atomic E-state index is 13.0. The van der Waals surface area contributed by atoms with Crippen LogP contribution >= 0.6 is 11.3 Å². The number of Topliss-reactive ketones (excluding diaryl/α,β-unsaturated/α-hetero) is 1. The van der Waals surface area contributed by atoms with Crippen LogP contribution in [0.4, 0.5) is 0 Å². The number of aliphatic hydroxyl groups excluding tert-OH is 1. The van der Waals surface area contributed by atoms with Crippen LogP contribution in [-0.2, 0) is 16.1 Å². The Morgan fingerprint density at radius 3 is 2.53 bits per heavy atom. The fraction of sp³-hybridized carbons (Fsp3) is 0.240. The molecule has 164 valence electrons. The van der Waals surface area contributed by atoms with Crippen LogP contribution in [0, 0.1) is 5.92 Å². The van der Waals surface area contributed by atoms with Crippen LogP contribution in [0.1, 0.15) is 36.0 Å². The van der Waals surface area contributed by atoms with Crippen molar-refractivity contribution in [2.24, 2.45) is 5.92 Å². The normalized spacial score (nSPS) is 17.8. The summed E-state index contributed by atoms with van der Waals surface area (Å²) in [6, 6.07) is 15.2. The summed E-state index contributed by atoms with van der Waals surface area (Å²) < 4.78 is 5.70. The molecule has 7 heteroatoms. The lowest BCUT2D eigenvalue weighted by Gasteiger charge is -2.24. The summed E-state index contributed by atoms with van der Waals surface area (Å²) in [6.45, 7) is 4.97. The second-order valence-electron chi connectivity index (χ2n) is 7.99. The van der Waals surface area contributed by atoms with E-state index in [9.17, 15) is 14.7 Å². The second kappa shape index (κ2) is 9.36. The van der Waals surface area contributed by atoms with Gasteiger partial charge < -0.3 is 14.7 Å². The molecule has 1 fully saturated rings. The Balaban J connectivity index is 1.73. The molecule has 1 aliphatic rings. The number of amides is 1. The van der Waals surface area contributed by atoms with Gasteiger partial charge in [0.15, 0.2) is 0 Å². The van der Waals surface area contributed by atoms with E-state index in [4.69, 9.17) is 4.74 Å². The smallest absolute Gasteiger partial charge is 0.296 e. The number of rotatable bonds is 7. The highest BCUT2D eigenvalue weighted by Gasteiger charge is 2.46. The number of likely N-dealkylation sites (tertiary alicyclic amines) is 1. The van der Waals surface area contributed by atoms with Crippen molar-refractivity contribution < 1.29 is 19.4 Å².